The molecule has 3 heteroatoms. The molecule has 1 aromatic rings. The molecule has 0 aliphatic carbocycles. The molecule has 2 atom stereocenters. The lowest BCUT2D eigenvalue weighted by atomic mass is 10.1. The highest BCUT2D eigenvalue weighted by Gasteiger charge is 2.07. The minimum atomic E-state index is 0.161. The van der Waals surface area contributed by atoms with Crippen molar-refractivity contribution in [1.82, 2.24) is 0 Å². The van der Waals surface area contributed by atoms with Gasteiger partial charge in [-0.25, -0.2) is 0 Å². The Hall–Kier alpha value is -0.290. The number of hydrogen-bond donors (Lipinski definition) is 2. The summed E-state index contributed by atoms with van der Waals surface area (Å²) in [5, 5.41) is 3.41. The van der Waals surface area contributed by atoms with Crippen LogP contribution in [0.3, 0.4) is 0 Å². The van der Waals surface area contributed by atoms with E-state index in [0.717, 1.165) is 0 Å². The first kappa shape index (κ1) is 11.8. The third-order valence-electron chi connectivity index (χ3n) is 2.36. The van der Waals surface area contributed by atoms with Gasteiger partial charge < -0.3 is 11.1 Å². The van der Waals surface area contributed by atoms with Gasteiger partial charge in [0.2, 0.25) is 0 Å². The van der Waals surface area contributed by atoms with E-state index in [0.29, 0.717) is 6.04 Å². The van der Waals surface area contributed by atoms with Gasteiger partial charge in [-0.3, -0.25) is 0 Å². The van der Waals surface area contributed by atoms with Gasteiger partial charge >= 0.3 is 0 Å². The maximum absolute atomic E-state index is 5.80. The molecule has 14 heavy (non-hydrogen) atoms. The lowest BCUT2D eigenvalue weighted by Crippen LogP contribution is -2.35. The van der Waals surface area contributed by atoms with Crippen LogP contribution in [-0.4, -0.2) is 12.1 Å². The van der Waals surface area contributed by atoms with E-state index in [4.69, 9.17) is 5.73 Å². The Bertz CT molecular complexity index is 310. The molecule has 0 saturated carbocycles. The molecule has 0 aromatic heterocycles. The first-order valence-corrected chi connectivity index (χ1v) is 5.87. The summed E-state index contributed by atoms with van der Waals surface area (Å²) >= 11 is 2.32. The van der Waals surface area contributed by atoms with Crippen molar-refractivity contribution in [2.75, 3.05) is 5.32 Å². The molecule has 0 spiro atoms. The van der Waals surface area contributed by atoms with Crippen LogP contribution in [0.5, 0.6) is 0 Å². The number of nitrogens with one attached hydrogen (secondary N) is 1. The van der Waals surface area contributed by atoms with Crippen molar-refractivity contribution >= 4 is 28.3 Å². The van der Waals surface area contributed by atoms with Gasteiger partial charge in [-0.05, 0) is 67.1 Å². The number of rotatable bonds is 3. The zero-order chi connectivity index (χ0) is 10.7. The Morgan fingerprint density at radius 2 is 2.00 bits per heavy atom. The number of hydrogen-bond acceptors (Lipinski definition) is 2. The number of anilines is 1. The van der Waals surface area contributed by atoms with Crippen molar-refractivity contribution in [1.29, 1.82) is 0 Å². The summed E-state index contributed by atoms with van der Waals surface area (Å²) in [6, 6.07) is 6.83. The highest BCUT2D eigenvalue weighted by Crippen LogP contribution is 2.18. The second-order valence-electron chi connectivity index (χ2n) is 3.75. The van der Waals surface area contributed by atoms with Crippen molar-refractivity contribution in [3.05, 3.63) is 27.3 Å². The first-order chi connectivity index (χ1) is 6.50. The Labute approximate surface area is 99.4 Å². The molecule has 2 nitrogen and oxygen atoms in total. The van der Waals surface area contributed by atoms with E-state index in [1.807, 2.05) is 6.92 Å². The maximum Gasteiger partial charge on any atom is 0.0381 e. The first-order valence-electron chi connectivity index (χ1n) is 4.79. The quantitative estimate of drug-likeness (QED) is 0.843. The van der Waals surface area contributed by atoms with Crippen molar-refractivity contribution in [3.63, 3.8) is 0 Å². The third-order valence-corrected chi connectivity index (χ3v) is 3.03. The molecule has 78 valence electrons. The Morgan fingerprint density at radius 3 is 2.50 bits per heavy atom. The van der Waals surface area contributed by atoms with Gasteiger partial charge in [0.05, 0.1) is 0 Å². The van der Waals surface area contributed by atoms with E-state index in [1.54, 1.807) is 0 Å². The summed E-state index contributed by atoms with van der Waals surface area (Å²) in [6.45, 7) is 6.22. The Balaban J connectivity index is 2.77. The molecule has 0 radical (unpaired) electrons. The SMILES string of the molecule is Cc1cc(I)ccc1NC(C)C(C)N. The molecule has 1 aromatic carbocycles. The minimum Gasteiger partial charge on any atom is -0.381 e. The fourth-order valence-corrected chi connectivity index (χ4v) is 1.81. The molecule has 0 amide bonds. The molecule has 0 aliphatic heterocycles. The zero-order valence-electron chi connectivity index (χ0n) is 8.84. The smallest absolute Gasteiger partial charge is 0.0381 e. The van der Waals surface area contributed by atoms with Gasteiger partial charge in [0.25, 0.3) is 0 Å². The number of benzene rings is 1. The van der Waals surface area contributed by atoms with Crippen LogP contribution in [0.4, 0.5) is 5.69 Å². The highest BCUT2D eigenvalue weighted by molar-refractivity contribution is 14.1. The lowest BCUT2D eigenvalue weighted by Gasteiger charge is -2.20. The summed E-state index contributed by atoms with van der Waals surface area (Å²) in [7, 11) is 0. The molecule has 0 bridgehead atoms. The van der Waals surface area contributed by atoms with Crippen LogP contribution in [0, 0.1) is 10.5 Å². The summed E-state index contributed by atoms with van der Waals surface area (Å²) in [4.78, 5) is 0. The summed E-state index contributed by atoms with van der Waals surface area (Å²) in [5.41, 5.74) is 8.24. The van der Waals surface area contributed by atoms with Crippen LogP contribution >= 0.6 is 22.6 Å². The predicted molar refractivity (Wildman–Crippen MR) is 70.6 cm³/mol. The van der Waals surface area contributed by atoms with Crippen LogP contribution in [0.15, 0.2) is 18.2 Å². The van der Waals surface area contributed by atoms with Gasteiger partial charge in [-0.2, -0.15) is 0 Å². The summed E-state index contributed by atoms with van der Waals surface area (Å²) < 4.78 is 1.26. The average Bonchev–Trinajstić information content (AvgIpc) is 2.09. The van der Waals surface area contributed by atoms with E-state index in [1.165, 1.54) is 14.8 Å². The normalized spacial score (nSPS) is 14.9. The predicted octanol–water partition coefficient (Wildman–Crippen LogP) is 2.75. The monoisotopic (exact) mass is 304 g/mol. The molecule has 0 saturated heterocycles. The molecule has 0 aliphatic rings. The third kappa shape index (κ3) is 3.13. The molecule has 3 N–H and O–H groups in total. The fourth-order valence-electron chi connectivity index (χ4n) is 1.17. The standard InChI is InChI=1S/C11H17IN2/c1-7-6-10(12)4-5-11(7)14-9(3)8(2)13/h4-6,8-9,14H,13H2,1-3H3. The average molecular weight is 304 g/mol. The van der Waals surface area contributed by atoms with E-state index in [9.17, 15) is 0 Å². The Kier molecular flexibility index (Phi) is 4.19. The summed E-state index contributed by atoms with van der Waals surface area (Å²) in [5.74, 6) is 0. The van der Waals surface area contributed by atoms with Gasteiger partial charge in [0, 0.05) is 21.3 Å². The molecule has 1 rings (SSSR count). The molecular formula is C11H17IN2. The number of nitrogens with two attached hydrogens (primary N) is 1. The summed E-state index contributed by atoms with van der Waals surface area (Å²) in [6.07, 6.45) is 0. The second-order valence-corrected chi connectivity index (χ2v) is 5.00. The van der Waals surface area contributed by atoms with Crippen molar-refractivity contribution in [2.45, 2.75) is 32.9 Å². The largest absolute Gasteiger partial charge is 0.381 e. The minimum absolute atomic E-state index is 0.161. The molecular weight excluding hydrogens is 287 g/mol. The van der Waals surface area contributed by atoms with Crippen LogP contribution in [0.1, 0.15) is 19.4 Å². The van der Waals surface area contributed by atoms with Crippen molar-refractivity contribution in [2.24, 2.45) is 5.73 Å². The van der Waals surface area contributed by atoms with Gasteiger partial charge in [0.1, 0.15) is 0 Å². The zero-order valence-corrected chi connectivity index (χ0v) is 11.0. The maximum atomic E-state index is 5.80. The van der Waals surface area contributed by atoms with Crippen LogP contribution in [0.25, 0.3) is 0 Å². The van der Waals surface area contributed by atoms with E-state index < -0.39 is 0 Å². The number of halogens is 1. The van der Waals surface area contributed by atoms with Gasteiger partial charge in [-0.1, -0.05) is 0 Å². The molecule has 2 unspecified atom stereocenters. The molecule has 0 fully saturated rings. The fraction of sp³-hybridized carbons (Fsp3) is 0.455. The van der Waals surface area contributed by atoms with Crippen molar-refractivity contribution < 1.29 is 0 Å². The van der Waals surface area contributed by atoms with E-state index >= 15 is 0 Å². The van der Waals surface area contributed by atoms with Crippen LogP contribution in [0.2, 0.25) is 0 Å². The lowest BCUT2D eigenvalue weighted by molar-refractivity contribution is 0.638. The Morgan fingerprint density at radius 1 is 1.36 bits per heavy atom. The molecule has 0 heterocycles. The topological polar surface area (TPSA) is 38.0 Å². The van der Waals surface area contributed by atoms with Gasteiger partial charge in [-0.15, -0.1) is 0 Å². The van der Waals surface area contributed by atoms with Crippen molar-refractivity contribution in [3.8, 4) is 0 Å². The second kappa shape index (κ2) is 4.98. The van der Waals surface area contributed by atoms with Gasteiger partial charge in [0.15, 0.2) is 0 Å². The van der Waals surface area contributed by atoms with E-state index in [2.05, 4.69) is 60.0 Å². The van der Waals surface area contributed by atoms with E-state index in [-0.39, 0.29) is 6.04 Å². The van der Waals surface area contributed by atoms with Crippen LogP contribution in [-0.2, 0) is 0 Å². The number of aryl methyl sites for hydroxylation is 1. The van der Waals surface area contributed by atoms with Crippen LogP contribution < -0.4 is 11.1 Å². The highest BCUT2D eigenvalue weighted by atomic mass is 127.